The first-order valence-electron chi connectivity index (χ1n) is 5.13. The van der Waals surface area contributed by atoms with Crippen LogP contribution in [0.25, 0.3) is 0 Å². The molecule has 0 unspecified atom stereocenters. The lowest BCUT2D eigenvalue weighted by atomic mass is 10.1. The van der Waals surface area contributed by atoms with Crippen molar-refractivity contribution in [2.45, 2.75) is 11.8 Å². The van der Waals surface area contributed by atoms with E-state index in [-0.39, 0.29) is 5.06 Å². The van der Waals surface area contributed by atoms with Gasteiger partial charge in [0.25, 0.3) is 5.92 Å². The Morgan fingerprint density at radius 1 is 1.41 bits per heavy atom. The van der Waals surface area contributed by atoms with Crippen molar-refractivity contribution in [2.24, 2.45) is 11.7 Å². The molecule has 17 heavy (non-hydrogen) atoms. The molecule has 0 heterocycles. The number of hydrogen-bond donors (Lipinski definition) is 2. The van der Waals surface area contributed by atoms with E-state index in [9.17, 15) is 13.6 Å². The Morgan fingerprint density at radius 2 is 2.00 bits per heavy atom. The zero-order valence-electron chi connectivity index (χ0n) is 8.88. The number of rotatable bonds is 3. The predicted molar refractivity (Wildman–Crippen MR) is 55.7 cm³/mol. The molecular formula is C11H12F2N2O2. The summed E-state index contributed by atoms with van der Waals surface area (Å²) in [4.78, 5) is 10.6. The molecule has 0 aliphatic heterocycles. The minimum Gasteiger partial charge on any atom is -0.350 e. The second-order valence-electron chi connectivity index (χ2n) is 4.09. The molecule has 4 nitrogen and oxygen atoms in total. The molecule has 1 fully saturated rings. The molecule has 3 N–H and O–H groups in total. The van der Waals surface area contributed by atoms with Gasteiger partial charge in [-0.1, -0.05) is 30.3 Å². The first kappa shape index (κ1) is 11.8. The number of halogens is 2. The van der Waals surface area contributed by atoms with Crippen molar-refractivity contribution >= 4 is 6.03 Å². The van der Waals surface area contributed by atoms with Crippen LogP contribution in [0, 0.1) is 5.92 Å². The van der Waals surface area contributed by atoms with Crippen LogP contribution in [0.2, 0.25) is 0 Å². The van der Waals surface area contributed by atoms with Gasteiger partial charge in [0.1, 0.15) is 0 Å². The van der Waals surface area contributed by atoms with Crippen LogP contribution in [-0.2, 0) is 0 Å². The molecule has 0 spiro atoms. The lowest BCUT2D eigenvalue weighted by Gasteiger charge is -2.10. The Kier molecular flexibility index (Phi) is 2.74. The van der Waals surface area contributed by atoms with E-state index in [4.69, 9.17) is 10.9 Å². The van der Waals surface area contributed by atoms with Crippen LogP contribution >= 0.6 is 0 Å². The van der Waals surface area contributed by atoms with E-state index in [1.54, 1.807) is 30.3 Å². The summed E-state index contributed by atoms with van der Waals surface area (Å²) in [7, 11) is 0. The Labute approximate surface area is 96.6 Å². The number of amides is 2. The summed E-state index contributed by atoms with van der Waals surface area (Å²) < 4.78 is 27.0. The zero-order chi connectivity index (χ0) is 12.6. The van der Waals surface area contributed by atoms with Gasteiger partial charge in [0, 0.05) is 0 Å². The summed E-state index contributed by atoms with van der Waals surface area (Å²) in [5, 5.41) is 9.19. The van der Waals surface area contributed by atoms with Crippen molar-refractivity contribution in [2.75, 3.05) is 6.54 Å². The molecule has 1 aliphatic rings. The molecule has 0 saturated heterocycles. The Morgan fingerprint density at radius 3 is 2.53 bits per heavy atom. The standard InChI is InChI=1S/C11H12F2N2O2/c12-11(13)8(6-15(17)10(14)16)9(11)7-4-2-1-3-5-7/h1-5,8-9,17H,6H2,(H2,14,16)/t8-,9-/m1/s1. The molecule has 2 amide bonds. The fourth-order valence-corrected chi connectivity index (χ4v) is 2.01. The maximum absolute atomic E-state index is 13.5. The Bertz CT molecular complexity index is 425. The van der Waals surface area contributed by atoms with Crippen molar-refractivity contribution < 1.29 is 18.8 Å². The van der Waals surface area contributed by atoms with Gasteiger partial charge >= 0.3 is 6.03 Å². The number of hydroxylamine groups is 2. The summed E-state index contributed by atoms with van der Waals surface area (Å²) in [5.74, 6) is -4.95. The second-order valence-corrected chi connectivity index (χ2v) is 4.09. The zero-order valence-corrected chi connectivity index (χ0v) is 8.88. The molecule has 1 aliphatic carbocycles. The fourth-order valence-electron chi connectivity index (χ4n) is 2.01. The third kappa shape index (κ3) is 2.08. The molecule has 0 bridgehead atoms. The van der Waals surface area contributed by atoms with E-state index < -0.39 is 30.3 Å². The molecule has 1 aromatic rings. The highest BCUT2D eigenvalue weighted by Crippen LogP contribution is 2.61. The number of benzene rings is 1. The largest absolute Gasteiger partial charge is 0.350 e. The van der Waals surface area contributed by atoms with Gasteiger partial charge in [-0.25, -0.2) is 18.6 Å². The van der Waals surface area contributed by atoms with Crippen molar-refractivity contribution in [3.05, 3.63) is 35.9 Å². The van der Waals surface area contributed by atoms with Crippen LogP contribution in [0.15, 0.2) is 30.3 Å². The van der Waals surface area contributed by atoms with E-state index in [0.717, 1.165) is 0 Å². The lowest BCUT2D eigenvalue weighted by Crippen LogP contribution is -2.35. The first-order chi connectivity index (χ1) is 7.94. The van der Waals surface area contributed by atoms with Crippen LogP contribution < -0.4 is 5.73 Å². The number of urea groups is 1. The van der Waals surface area contributed by atoms with Crippen LogP contribution in [-0.4, -0.2) is 28.8 Å². The van der Waals surface area contributed by atoms with Gasteiger partial charge in [0.15, 0.2) is 0 Å². The number of nitrogens with zero attached hydrogens (tertiary/aromatic N) is 1. The number of carbonyl (C=O) groups is 1. The number of primary amides is 1. The predicted octanol–water partition coefficient (Wildman–Crippen LogP) is 1.81. The normalized spacial score (nSPS) is 25.4. The van der Waals surface area contributed by atoms with E-state index in [0.29, 0.717) is 5.56 Å². The van der Waals surface area contributed by atoms with Crippen LogP contribution in [0.3, 0.4) is 0 Å². The van der Waals surface area contributed by atoms with Gasteiger partial charge < -0.3 is 5.73 Å². The van der Waals surface area contributed by atoms with Gasteiger partial charge in [-0.3, -0.25) is 5.21 Å². The molecule has 92 valence electrons. The van der Waals surface area contributed by atoms with E-state index >= 15 is 0 Å². The maximum atomic E-state index is 13.5. The second kappa shape index (κ2) is 3.96. The third-order valence-corrected chi connectivity index (χ3v) is 2.98. The van der Waals surface area contributed by atoms with Crippen molar-refractivity contribution in [1.82, 2.24) is 5.06 Å². The minimum absolute atomic E-state index is 0.127. The highest BCUT2D eigenvalue weighted by molar-refractivity contribution is 5.70. The van der Waals surface area contributed by atoms with Crippen LogP contribution in [0.4, 0.5) is 13.6 Å². The van der Waals surface area contributed by atoms with E-state index in [2.05, 4.69) is 0 Å². The third-order valence-electron chi connectivity index (χ3n) is 2.98. The average molecular weight is 242 g/mol. The highest BCUT2D eigenvalue weighted by atomic mass is 19.3. The molecule has 0 radical (unpaired) electrons. The molecule has 2 rings (SSSR count). The van der Waals surface area contributed by atoms with Gasteiger partial charge in [-0.05, 0) is 5.56 Å². The first-order valence-corrected chi connectivity index (χ1v) is 5.13. The van der Waals surface area contributed by atoms with Crippen LogP contribution in [0.5, 0.6) is 0 Å². The smallest absolute Gasteiger partial charge is 0.338 e. The van der Waals surface area contributed by atoms with Crippen molar-refractivity contribution in [1.29, 1.82) is 0 Å². The van der Waals surface area contributed by atoms with Gasteiger partial charge in [-0.15, -0.1) is 0 Å². The summed E-state index contributed by atoms with van der Waals surface area (Å²) in [6.45, 7) is -0.456. The van der Waals surface area contributed by atoms with E-state index in [1.165, 1.54) is 0 Å². The van der Waals surface area contributed by atoms with Gasteiger partial charge in [-0.2, -0.15) is 0 Å². The summed E-state index contributed by atoms with van der Waals surface area (Å²) >= 11 is 0. The van der Waals surface area contributed by atoms with Crippen molar-refractivity contribution in [3.63, 3.8) is 0 Å². The monoisotopic (exact) mass is 242 g/mol. The SMILES string of the molecule is NC(=O)N(O)C[C@@H]1[C@@H](c2ccccc2)C1(F)F. The maximum Gasteiger partial charge on any atom is 0.338 e. The molecule has 6 heteroatoms. The summed E-state index contributed by atoms with van der Waals surface area (Å²) in [6, 6.07) is 7.16. The van der Waals surface area contributed by atoms with Crippen molar-refractivity contribution in [3.8, 4) is 0 Å². The Balaban J connectivity index is 2.09. The van der Waals surface area contributed by atoms with Crippen LogP contribution in [0.1, 0.15) is 11.5 Å². The minimum atomic E-state index is -2.90. The van der Waals surface area contributed by atoms with Gasteiger partial charge in [0.2, 0.25) is 0 Å². The van der Waals surface area contributed by atoms with Gasteiger partial charge in [0.05, 0.1) is 18.4 Å². The quantitative estimate of drug-likeness (QED) is 0.627. The molecule has 2 atom stereocenters. The topological polar surface area (TPSA) is 66.6 Å². The number of hydrogen-bond acceptors (Lipinski definition) is 2. The number of carbonyl (C=O) groups excluding carboxylic acids is 1. The summed E-state index contributed by atoms with van der Waals surface area (Å²) in [5.41, 5.74) is 5.28. The number of alkyl halides is 2. The lowest BCUT2D eigenvalue weighted by molar-refractivity contribution is -0.0518. The Hall–Kier alpha value is -1.69. The summed E-state index contributed by atoms with van der Waals surface area (Å²) in [6.07, 6.45) is 0. The molecule has 0 aromatic heterocycles. The fraction of sp³-hybridized carbons (Fsp3) is 0.364. The highest BCUT2D eigenvalue weighted by Gasteiger charge is 2.69. The molecule has 1 aromatic carbocycles. The van der Waals surface area contributed by atoms with E-state index in [1.807, 2.05) is 0 Å². The molecule has 1 saturated carbocycles. The number of nitrogens with two attached hydrogens (primary N) is 1. The average Bonchev–Trinajstić information content (AvgIpc) is 2.81. The molecular weight excluding hydrogens is 230 g/mol.